The predicted octanol–water partition coefficient (Wildman–Crippen LogP) is 2.74. The van der Waals surface area contributed by atoms with Gasteiger partial charge in [0.15, 0.2) is 23.3 Å². The molecule has 0 aromatic heterocycles. The van der Waals surface area contributed by atoms with Crippen molar-refractivity contribution in [3.05, 3.63) is 34.6 Å². The summed E-state index contributed by atoms with van der Waals surface area (Å²) in [4.78, 5) is 0. The molecule has 1 aromatic carbocycles. The zero-order valence-electron chi connectivity index (χ0n) is 7.84. The van der Waals surface area contributed by atoms with E-state index >= 15 is 0 Å². The van der Waals surface area contributed by atoms with E-state index in [1.165, 1.54) is 0 Å². The van der Waals surface area contributed by atoms with Crippen molar-refractivity contribution in [3.8, 4) is 0 Å². The summed E-state index contributed by atoms with van der Waals surface area (Å²) < 4.78 is 76.9. The van der Waals surface area contributed by atoms with Gasteiger partial charge in [0.25, 0.3) is 0 Å². The van der Waals surface area contributed by atoms with Gasteiger partial charge in [-0.15, -0.1) is 0 Å². The molecule has 1 unspecified atom stereocenters. The van der Waals surface area contributed by atoms with Crippen LogP contribution in [-0.4, -0.2) is 6.54 Å². The first-order valence-corrected chi connectivity index (χ1v) is 4.27. The Morgan fingerprint density at radius 1 is 0.812 bits per heavy atom. The second-order valence-electron chi connectivity index (χ2n) is 3.03. The highest BCUT2D eigenvalue weighted by molar-refractivity contribution is 5.26. The number of nitrogens with two attached hydrogens (primary N) is 1. The molecule has 1 rings (SSSR count). The van der Waals surface area contributed by atoms with E-state index in [1.54, 1.807) is 0 Å². The summed E-state index contributed by atoms with van der Waals surface area (Å²) in [5.41, 5.74) is 3.46. The Hall–Kier alpha value is -1.24. The van der Waals surface area contributed by atoms with E-state index < -0.39 is 47.2 Å². The number of alkyl halides is 1. The minimum atomic E-state index is -2.32. The molecule has 90 valence electrons. The van der Waals surface area contributed by atoms with Gasteiger partial charge < -0.3 is 5.73 Å². The van der Waals surface area contributed by atoms with Crippen LogP contribution in [0.15, 0.2) is 0 Å². The van der Waals surface area contributed by atoms with Crippen LogP contribution in [0, 0.1) is 29.1 Å². The molecule has 0 bridgehead atoms. The van der Waals surface area contributed by atoms with Gasteiger partial charge in [0.05, 0.1) is 5.56 Å². The predicted molar refractivity (Wildman–Crippen MR) is 43.8 cm³/mol. The molecule has 0 aliphatic rings. The number of hydrogen-bond acceptors (Lipinski definition) is 1. The van der Waals surface area contributed by atoms with Crippen LogP contribution in [-0.2, 0) is 0 Å². The van der Waals surface area contributed by atoms with Crippen molar-refractivity contribution in [1.29, 1.82) is 0 Å². The summed E-state index contributed by atoms with van der Waals surface area (Å²) in [5.74, 6) is -10.9. The second kappa shape index (κ2) is 4.73. The van der Waals surface area contributed by atoms with Gasteiger partial charge in [-0.25, -0.2) is 26.3 Å². The lowest BCUT2D eigenvalue weighted by molar-refractivity contribution is 0.285. The Balaban J connectivity index is 3.39. The molecule has 1 nitrogen and oxygen atoms in total. The normalized spacial score (nSPS) is 12.9. The fourth-order valence-corrected chi connectivity index (χ4v) is 1.19. The Kier molecular flexibility index (Phi) is 3.79. The highest BCUT2D eigenvalue weighted by Gasteiger charge is 2.29. The van der Waals surface area contributed by atoms with Crippen molar-refractivity contribution in [2.24, 2.45) is 5.73 Å². The highest BCUT2D eigenvalue weighted by Crippen LogP contribution is 2.31. The van der Waals surface area contributed by atoms with E-state index in [4.69, 9.17) is 5.73 Å². The summed E-state index contributed by atoms with van der Waals surface area (Å²) in [6, 6.07) is 0. The first-order chi connectivity index (χ1) is 7.41. The van der Waals surface area contributed by atoms with E-state index in [9.17, 15) is 26.3 Å². The molecule has 0 aliphatic heterocycles. The number of benzene rings is 1. The standard InChI is InChI=1S/C9H7F6N/c10-3(1-2-16)4-5(11)7(13)9(15)8(14)6(4)12/h3H,1-2,16H2. The van der Waals surface area contributed by atoms with Gasteiger partial charge in [0.2, 0.25) is 5.82 Å². The maximum absolute atomic E-state index is 13.1. The first kappa shape index (κ1) is 12.8. The molecular weight excluding hydrogens is 236 g/mol. The van der Waals surface area contributed by atoms with Gasteiger partial charge in [-0.2, -0.15) is 0 Å². The SMILES string of the molecule is NCCC(F)c1c(F)c(F)c(F)c(F)c1F. The summed E-state index contributed by atoms with van der Waals surface area (Å²) in [7, 11) is 0. The molecule has 0 aliphatic carbocycles. The molecular formula is C9H7F6N. The number of hydrogen-bond donors (Lipinski definition) is 1. The fourth-order valence-electron chi connectivity index (χ4n) is 1.19. The molecule has 1 aromatic rings. The van der Waals surface area contributed by atoms with E-state index in [-0.39, 0.29) is 6.54 Å². The summed E-state index contributed by atoms with van der Waals surface area (Å²) >= 11 is 0. The van der Waals surface area contributed by atoms with Gasteiger partial charge in [0.1, 0.15) is 6.17 Å². The lowest BCUT2D eigenvalue weighted by Crippen LogP contribution is -2.12. The molecule has 1 atom stereocenters. The average molecular weight is 243 g/mol. The van der Waals surface area contributed by atoms with Crippen molar-refractivity contribution >= 4 is 0 Å². The quantitative estimate of drug-likeness (QED) is 0.493. The van der Waals surface area contributed by atoms with Crippen LogP contribution in [0.25, 0.3) is 0 Å². The van der Waals surface area contributed by atoms with Crippen molar-refractivity contribution < 1.29 is 26.3 Å². The van der Waals surface area contributed by atoms with Crippen LogP contribution in [0.5, 0.6) is 0 Å². The maximum Gasteiger partial charge on any atom is 0.200 e. The van der Waals surface area contributed by atoms with E-state index in [0.29, 0.717) is 0 Å². The van der Waals surface area contributed by atoms with Crippen LogP contribution < -0.4 is 5.73 Å². The molecule has 0 spiro atoms. The molecule has 0 heterocycles. The van der Waals surface area contributed by atoms with E-state index in [1.807, 2.05) is 0 Å². The van der Waals surface area contributed by atoms with Gasteiger partial charge in [-0.05, 0) is 13.0 Å². The average Bonchev–Trinajstić information content (AvgIpc) is 2.24. The topological polar surface area (TPSA) is 26.0 Å². The second-order valence-corrected chi connectivity index (χ2v) is 3.03. The molecule has 0 amide bonds. The maximum atomic E-state index is 13.1. The minimum Gasteiger partial charge on any atom is -0.330 e. The molecule has 0 radical (unpaired) electrons. The van der Waals surface area contributed by atoms with Crippen molar-refractivity contribution in [3.63, 3.8) is 0 Å². The largest absolute Gasteiger partial charge is 0.330 e. The van der Waals surface area contributed by atoms with Gasteiger partial charge in [-0.1, -0.05) is 0 Å². The molecule has 16 heavy (non-hydrogen) atoms. The summed E-state index contributed by atoms with van der Waals surface area (Å²) in [6.45, 7) is -0.277. The first-order valence-electron chi connectivity index (χ1n) is 4.27. The van der Waals surface area contributed by atoms with Crippen LogP contribution in [0.1, 0.15) is 18.2 Å². The van der Waals surface area contributed by atoms with Crippen LogP contribution >= 0.6 is 0 Å². The summed E-state index contributed by atoms with van der Waals surface area (Å²) in [6.07, 6.45) is -2.85. The molecule has 2 N–H and O–H groups in total. The third-order valence-corrected chi connectivity index (χ3v) is 1.98. The third kappa shape index (κ3) is 1.99. The Morgan fingerprint density at radius 2 is 1.19 bits per heavy atom. The Bertz CT molecular complexity index is 376. The number of rotatable bonds is 3. The van der Waals surface area contributed by atoms with Gasteiger partial charge >= 0.3 is 0 Å². The Morgan fingerprint density at radius 3 is 1.56 bits per heavy atom. The Labute approximate surface area is 86.9 Å². The minimum absolute atomic E-state index is 0.277. The van der Waals surface area contributed by atoms with Gasteiger partial charge in [-0.3, -0.25) is 0 Å². The summed E-state index contributed by atoms with van der Waals surface area (Å²) in [5, 5.41) is 0. The van der Waals surface area contributed by atoms with Crippen LogP contribution in [0.4, 0.5) is 26.3 Å². The van der Waals surface area contributed by atoms with Crippen LogP contribution in [0.2, 0.25) is 0 Å². The lowest BCUT2D eigenvalue weighted by Gasteiger charge is -2.11. The molecule has 0 saturated carbocycles. The lowest BCUT2D eigenvalue weighted by atomic mass is 10.1. The molecule has 7 heteroatoms. The van der Waals surface area contributed by atoms with E-state index in [0.717, 1.165) is 0 Å². The van der Waals surface area contributed by atoms with Crippen molar-refractivity contribution in [2.45, 2.75) is 12.6 Å². The highest BCUT2D eigenvalue weighted by atomic mass is 19.2. The van der Waals surface area contributed by atoms with Crippen molar-refractivity contribution in [1.82, 2.24) is 0 Å². The zero-order valence-corrected chi connectivity index (χ0v) is 7.84. The van der Waals surface area contributed by atoms with E-state index in [2.05, 4.69) is 0 Å². The number of halogens is 6. The molecule has 0 fully saturated rings. The fraction of sp³-hybridized carbons (Fsp3) is 0.333. The zero-order chi connectivity index (χ0) is 12.5. The monoisotopic (exact) mass is 243 g/mol. The smallest absolute Gasteiger partial charge is 0.200 e. The van der Waals surface area contributed by atoms with Crippen LogP contribution in [0.3, 0.4) is 0 Å². The van der Waals surface area contributed by atoms with Crippen molar-refractivity contribution in [2.75, 3.05) is 6.54 Å². The van der Waals surface area contributed by atoms with Gasteiger partial charge in [0, 0.05) is 0 Å². The molecule has 0 saturated heterocycles. The third-order valence-electron chi connectivity index (χ3n) is 1.98.